The lowest BCUT2D eigenvalue weighted by atomic mass is 9.79. The molecule has 6 heteroatoms. The van der Waals surface area contributed by atoms with Crippen LogP contribution in [-0.4, -0.2) is 30.6 Å². The molecule has 174 valence electrons. The smallest absolute Gasteiger partial charge is 0.304 e. The highest BCUT2D eigenvalue weighted by Gasteiger charge is 2.36. The van der Waals surface area contributed by atoms with E-state index >= 15 is 0 Å². The van der Waals surface area contributed by atoms with E-state index in [0.29, 0.717) is 23.7 Å². The van der Waals surface area contributed by atoms with E-state index in [0.717, 1.165) is 22.4 Å². The van der Waals surface area contributed by atoms with Crippen molar-refractivity contribution in [3.05, 3.63) is 95.5 Å². The SMILES string of the molecule is COc1ccccc1-c1ccc(N2CC=CCC(c3ccccc3Cl)C(CC(=O)O)C2=O)cc1. The molecule has 2 unspecified atom stereocenters. The first kappa shape index (κ1) is 23.6. The fraction of sp³-hybridized carbons (Fsp3) is 0.214. The number of benzene rings is 3. The number of para-hydroxylation sites is 1. The highest BCUT2D eigenvalue weighted by Crippen LogP contribution is 2.38. The van der Waals surface area contributed by atoms with Crippen molar-refractivity contribution in [2.75, 3.05) is 18.6 Å². The normalized spacial score (nSPS) is 18.3. The molecule has 1 aliphatic heterocycles. The lowest BCUT2D eigenvalue weighted by Crippen LogP contribution is -2.41. The van der Waals surface area contributed by atoms with Crippen LogP contribution in [0.4, 0.5) is 5.69 Å². The number of allylic oxidation sites excluding steroid dienone is 1. The number of nitrogens with zero attached hydrogens (tertiary/aromatic N) is 1. The average Bonchev–Trinajstić information content (AvgIpc) is 2.85. The molecular formula is C28H26ClNO4. The number of methoxy groups -OCH3 is 1. The number of amides is 1. The highest BCUT2D eigenvalue weighted by atomic mass is 35.5. The van der Waals surface area contributed by atoms with Crippen molar-refractivity contribution >= 4 is 29.2 Å². The van der Waals surface area contributed by atoms with Crippen LogP contribution in [0.25, 0.3) is 11.1 Å². The standard InChI is InChI=1S/C28H26ClNO4/c1-34-26-12-5-3-8-21(26)19-13-15-20(16-14-19)30-17-7-6-9-22(23-10-2-4-11-25(23)29)24(28(30)33)18-27(31)32/h2-8,10-16,22,24H,9,17-18H2,1H3,(H,31,32). The topological polar surface area (TPSA) is 66.8 Å². The summed E-state index contributed by atoms with van der Waals surface area (Å²) in [5.41, 5.74) is 3.43. The van der Waals surface area contributed by atoms with Crippen LogP contribution in [-0.2, 0) is 9.59 Å². The van der Waals surface area contributed by atoms with Crippen LogP contribution in [0.3, 0.4) is 0 Å². The number of carbonyl (C=O) groups is 2. The van der Waals surface area contributed by atoms with Gasteiger partial charge in [-0.05, 0) is 41.8 Å². The fourth-order valence-corrected chi connectivity index (χ4v) is 4.80. The van der Waals surface area contributed by atoms with Gasteiger partial charge >= 0.3 is 5.97 Å². The summed E-state index contributed by atoms with van der Waals surface area (Å²) in [6, 6.07) is 22.7. The van der Waals surface area contributed by atoms with Crippen LogP contribution < -0.4 is 9.64 Å². The third kappa shape index (κ3) is 5.00. The van der Waals surface area contributed by atoms with Crippen LogP contribution in [0.5, 0.6) is 5.75 Å². The number of hydrogen-bond acceptors (Lipinski definition) is 3. The van der Waals surface area contributed by atoms with Crippen molar-refractivity contribution in [2.24, 2.45) is 5.92 Å². The number of carbonyl (C=O) groups excluding carboxylic acids is 1. The van der Waals surface area contributed by atoms with E-state index in [1.54, 1.807) is 18.1 Å². The highest BCUT2D eigenvalue weighted by molar-refractivity contribution is 6.31. The number of carboxylic acid groups (broad SMARTS) is 1. The van der Waals surface area contributed by atoms with Gasteiger partial charge in [0.05, 0.1) is 19.4 Å². The Morgan fingerprint density at radius 1 is 1.03 bits per heavy atom. The van der Waals surface area contributed by atoms with Gasteiger partial charge < -0.3 is 14.7 Å². The maximum atomic E-state index is 13.8. The van der Waals surface area contributed by atoms with Crippen LogP contribution in [0.15, 0.2) is 84.9 Å². The Hall–Kier alpha value is -3.57. The fourth-order valence-electron chi connectivity index (χ4n) is 4.52. The molecule has 1 amide bonds. The molecule has 0 saturated heterocycles. The molecule has 1 N–H and O–H groups in total. The molecule has 34 heavy (non-hydrogen) atoms. The minimum atomic E-state index is -1.01. The van der Waals surface area contributed by atoms with Gasteiger partial charge in [0, 0.05) is 28.7 Å². The Morgan fingerprint density at radius 3 is 2.44 bits per heavy atom. The van der Waals surface area contributed by atoms with E-state index in [2.05, 4.69) is 0 Å². The van der Waals surface area contributed by atoms with Gasteiger partial charge in [-0.25, -0.2) is 0 Å². The van der Waals surface area contributed by atoms with E-state index < -0.39 is 11.9 Å². The van der Waals surface area contributed by atoms with Crippen molar-refractivity contribution in [3.63, 3.8) is 0 Å². The number of hydrogen-bond donors (Lipinski definition) is 1. The molecule has 1 heterocycles. The summed E-state index contributed by atoms with van der Waals surface area (Å²) in [7, 11) is 1.64. The monoisotopic (exact) mass is 475 g/mol. The van der Waals surface area contributed by atoms with E-state index in [1.807, 2.05) is 78.9 Å². The molecule has 0 spiro atoms. The van der Waals surface area contributed by atoms with Gasteiger partial charge in [0.2, 0.25) is 5.91 Å². The quantitative estimate of drug-likeness (QED) is 0.432. The lowest BCUT2D eigenvalue weighted by Gasteiger charge is -2.33. The summed E-state index contributed by atoms with van der Waals surface area (Å²) in [5.74, 6) is -1.53. The second kappa shape index (κ2) is 10.6. The van der Waals surface area contributed by atoms with Crippen LogP contribution in [0.2, 0.25) is 5.02 Å². The maximum Gasteiger partial charge on any atom is 0.304 e. The van der Waals surface area contributed by atoms with Gasteiger partial charge in [0.15, 0.2) is 0 Å². The summed E-state index contributed by atoms with van der Waals surface area (Å²) >= 11 is 6.45. The molecule has 0 aliphatic carbocycles. The third-order valence-corrected chi connectivity index (χ3v) is 6.55. The van der Waals surface area contributed by atoms with E-state index in [1.165, 1.54) is 0 Å². The Bertz CT molecular complexity index is 1210. The van der Waals surface area contributed by atoms with E-state index in [-0.39, 0.29) is 18.2 Å². The van der Waals surface area contributed by atoms with Crippen molar-refractivity contribution in [3.8, 4) is 16.9 Å². The maximum absolute atomic E-state index is 13.8. The first-order valence-corrected chi connectivity index (χ1v) is 11.5. The number of ether oxygens (including phenoxy) is 1. The van der Waals surface area contributed by atoms with Gasteiger partial charge in [-0.15, -0.1) is 0 Å². The predicted molar refractivity (Wildman–Crippen MR) is 134 cm³/mol. The molecule has 3 aromatic rings. The predicted octanol–water partition coefficient (Wildman–Crippen LogP) is 6.18. The number of aliphatic carboxylic acids is 1. The molecule has 2 atom stereocenters. The molecule has 0 radical (unpaired) electrons. The Labute approximate surface area is 204 Å². The molecule has 0 bridgehead atoms. The number of carboxylic acids is 1. The molecule has 1 aliphatic rings. The van der Waals surface area contributed by atoms with Gasteiger partial charge in [-0.2, -0.15) is 0 Å². The summed E-state index contributed by atoms with van der Waals surface area (Å²) in [4.78, 5) is 27.1. The molecular weight excluding hydrogens is 450 g/mol. The summed E-state index contributed by atoms with van der Waals surface area (Å²) in [6.07, 6.45) is 4.24. The van der Waals surface area contributed by atoms with Crippen molar-refractivity contribution in [1.29, 1.82) is 0 Å². The average molecular weight is 476 g/mol. The van der Waals surface area contributed by atoms with Crippen LogP contribution in [0.1, 0.15) is 24.3 Å². The van der Waals surface area contributed by atoms with Gasteiger partial charge in [0.25, 0.3) is 0 Å². The van der Waals surface area contributed by atoms with Crippen molar-refractivity contribution < 1.29 is 19.4 Å². The van der Waals surface area contributed by atoms with Crippen LogP contribution in [0, 0.1) is 5.92 Å². The summed E-state index contributed by atoms with van der Waals surface area (Å²) < 4.78 is 5.47. The second-order valence-electron chi connectivity index (χ2n) is 8.24. The Kier molecular flexibility index (Phi) is 7.33. The van der Waals surface area contributed by atoms with E-state index in [4.69, 9.17) is 16.3 Å². The molecule has 0 fully saturated rings. The summed E-state index contributed by atoms with van der Waals surface area (Å²) in [5, 5.41) is 10.2. The zero-order valence-electron chi connectivity index (χ0n) is 18.9. The first-order chi connectivity index (χ1) is 16.5. The lowest BCUT2D eigenvalue weighted by molar-refractivity contribution is -0.141. The molecule has 0 saturated carbocycles. The number of anilines is 1. The van der Waals surface area contributed by atoms with Gasteiger partial charge in [-0.1, -0.05) is 72.3 Å². The second-order valence-corrected chi connectivity index (χ2v) is 8.64. The molecule has 5 nitrogen and oxygen atoms in total. The number of halogens is 1. The van der Waals surface area contributed by atoms with Crippen molar-refractivity contribution in [1.82, 2.24) is 0 Å². The molecule has 3 aromatic carbocycles. The minimum absolute atomic E-state index is 0.221. The number of rotatable bonds is 6. The van der Waals surface area contributed by atoms with Crippen LogP contribution >= 0.6 is 11.6 Å². The Morgan fingerprint density at radius 2 is 1.74 bits per heavy atom. The first-order valence-electron chi connectivity index (χ1n) is 11.2. The van der Waals surface area contributed by atoms with Crippen molar-refractivity contribution in [2.45, 2.75) is 18.8 Å². The largest absolute Gasteiger partial charge is 0.496 e. The molecule has 4 rings (SSSR count). The van der Waals surface area contributed by atoms with Gasteiger partial charge in [0.1, 0.15) is 5.75 Å². The summed E-state index contributed by atoms with van der Waals surface area (Å²) in [6.45, 7) is 0.373. The molecule has 0 aromatic heterocycles. The van der Waals surface area contributed by atoms with Gasteiger partial charge in [-0.3, -0.25) is 9.59 Å². The zero-order valence-corrected chi connectivity index (χ0v) is 19.6. The third-order valence-electron chi connectivity index (χ3n) is 6.21. The Balaban J connectivity index is 1.69. The zero-order chi connectivity index (χ0) is 24.1. The van der Waals surface area contributed by atoms with E-state index in [9.17, 15) is 14.7 Å². The minimum Gasteiger partial charge on any atom is -0.496 e.